The third-order valence-electron chi connectivity index (χ3n) is 3.21. The Kier molecular flexibility index (Phi) is 6.16. The van der Waals surface area contributed by atoms with E-state index >= 15 is 0 Å². The second-order valence-corrected chi connectivity index (χ2v) is 4.47. The summed E-state index contributed by atoms with van der Waals surface area (Å²) in [7, 11) is 1.72. The summed E-state index contributed by atoms with van der Waals surface area (Å²) in [6.45, 7) is -1.24. The maximum atomic E-state index is 12.2. The molecule has 0 bridgehead atoms. The number of benzene rings is 1. The van der Waals surface area contributed by atoms with Crippen molar-refractivity contribution in [3.8, 4) is 5.75 Å². The predicted octanol–water partition coefficient (Wildman–Crippen LogP) is 2.14. The molecule has 0 spiro atoms. The number of alkyl halides is 2. The molecule has 1 heterocycles. The second kappa shape index (κ2) is 7.40. The maximum Gasteiger partial charge on any atom is 0.387 e. The van der Waals surface area contributed by atoms with Gasteiger partial charge in [0.1, 0.15) is 5.75 Å². The van der Waals surface area contributed by atoms with Gasteiger partial charge in [-0.2, -0.15) is 8.78 Å². The van der Waals surface area contributed by atoms with Gasteiger partial charge in [-0.25, -0.2) is 0 Å². The molecule has 1 aromatic carbocycles. The van der Waals surface area contributed by atoms with E-state index in [-0.39, 0.29) is 30.1 Å². The molecule has 112 valence electrons. The van der Waals surface area contributed by atoms with Gasteiger partial charge in [-0.3, -0.25) is 4.79 Å². The lowest BCUT2D eigenvalue weighted by atomic mass is 10.1. The van der Waals surface area contributed by atoms with Gasteiger partial charge in [0, 0.05) is 25.2 Å². The minimum absolute atomic E-state index is 0. The molecule has 20 heavy (non-hydrogen) atoms. The minimum atomic E-state index is -2.89. The summed E-state index contributed by atoms with van der Waals surface area (Å²) in [6.07, 6.45) is 0.898. The Balaban J connectivity index is 0.00000200. The van der Waals surface area contributed by atoms with Crippen molar-refractivity contribution in [2.45, 2.75) is 19.1 Å². The highest BCUT2D eigenvalue weighted by Crippen LogP contribution is 2.18. The van der Waals surface area contributed by atoms with Crippen LogP contribution in [0.4, 0.5) is 8.78 Å². The average Bonchev–Trinajstić information content (AvgIpc) is 2.90. The number of carbonyl (C=O) groups excluding carboxylic acids is 1. The number of hydrogen-bond acceptors (Lipinski definition) is 3. The van der Waals surface area contributed by atoms with Gasteiger partial charge in [0.25, 0.3) is 5.91 Å². The Bertz CT molecular complexity index is 454. The lowest BCUT2D eigenvalue weighted by Crippen LogP contribution is -2.38. The third-order valence-corrected chi connectivity index (χ3v) is 3.21. The Morgan fingerprint density at radius 1 is 1.50 bits per heavy atom. The Morgan fingerprint density at radius 2 is 2.25 bits per heavy atom. The molecular weight excluding hydrogens is 290 g/mol. The topological polar surface area (TPSA) is 41.6 Å². The summed E-state index contributed by atoms with van der Waals surface area (Å²) in [5.74, 6) is -0.188. The van der Waals surface area contributed by atoms with E-state index in [1.807, 2.05) is 0 Å². The fraction of sp³-hybridized carbons (Fsp3) is 0.462. The van der Waals surface area contributed by atoms with Gasteiger partial charge in [-0.05, 0) is 31.2 Å². The van der Waals surface area contributed by atoms with E-state index in [4.69, 9.17) is 0 Å². The van der Waals surface area contributed by atoms with Crippen molar-refractivity contribution in [1.82, 2.24) is 10.2 Å². The van der Waals surface area contributed by atoms with Gasteiger partial charge in [0.05, 0.1) is 0 Å². The SMILES string of the molecule is CN(C(=O)c1cccc(OC(F)F)c1)C1CCNC1.Cl. The standard InChI is InChI=1S/C13H16F2N2O2.ClH/c1-17(10-5-6-16-8-10)12(18)9-3-2-4-11(7-9)19-13(14)15;/h2-4,7,10,13,16H,5-6,8H2,1H3;1H. The first-order valence-corrected chi connectivity index (χ1v) is 6.10. The van der Waals surface area contributed by atoms with Crippen LogP contribution in [0.25, 0.3) is 0 Å². The zero-order chi connectivity index (χ0) is 13.8. The quantitative estimate of drug-likeness (QED) is 0.927. The van der Waals surface area contributed by atoms with E-state index in [1.165, 1.54) is 18.2 Å². The van der Waals surface area contributed by atoms with Crippen molar-refractivity contribution in [2.24, 2.45) is 0 Å². The fourth-order valence-corrected chi connectivity index (χ4v) is 2.14. The number of nitrogens with one attached hydrogen (secondary N) is 1. The van der Waals surface area contributed by atoms with Crippen molar-refractivity contribution in [3.05, 3.63) is 29.8 Å². The van der Waals surface area contributed by atoms with Gasteiger partial charge < -0.3 is 15.0 Å². The highest BCUT2D eigenvalue weighted by atomic mass is 35.5. The highest BCUT2D eigenvalue weighted by Gasteiger charge is 2.24. The first kappa shape index (κ1) is 16.7. The molecule has 1 fully saturated rings. The molecule has 2 rings (SSSR count). The molecule has 1 atom stereocenters. The summed E-state index contributed by atoms with van der Waals surface area (Å²) >= 11 is 0. The number of halogens is 3. The van der Waals surface area contributed by atoms with Crippen molar-refractivity contribution in [3.63, 3.8) is 0 Å². The molecule has 1 aliphatic rings. The summed E-state index contributed by atoms with van der Waals surface area (Å²) in [6, 6.07) is 6.02. The van der Waals surface area contributed by atoms with Crippen LogP contribution in [0.5, 0.6) is 5.75 Å². The minimum Gasteiger partial charge on any atom is -0.435 e. The molecule has 0 saturated carbocycles. The number of amides is 1. The molecule has 7 heteroatoms. The van der Waals surface area contributed by atoms with Crippen LogP contribution in [-0.4, -0.2) is 43.6 Å². The van der Waals surface area contributed by atoms with Crippen LogP contribution in [0, 0.1) is 0 Å². The molecule has 1 unspecified atom stereocenters. The van der Waals surface area contributed by atoms with Gasteiger partial charge >= 0.3 is 6.61 Å². The first-order valence-electron chi connectivity index (χ1n) is 6.10. The first-order chi connectivity index (χ1) is 9.08. The summed E-state index contributed by atoms with van der Waals surface area (Å²) in [5, 5.41) is 3.18. The largest absolute Gasteiger partial charge is 0.435 e. The summed E-state index contributed by atoms with van der Waals surface area (Å²) in [5.41, 5.74) is 0.354. The molecule has 0 radical (unpaired) electrons. The third kappa shape index (κ3) is 4.05. The van der Waals surface area contributed by atoms with E-state index in [2.05, 4.69) is 10.1 Å². The monoisotopic (exact) mass is 306 g/mol. The molecule has 1 aromatic rings. The van der Waals surface area contributed by atoms with E-state index in [0.29, 0.717) is 5.56 Å². The molecule has 1 saturated heterocycles. The summed E-state index contributed by atoms with van der Waals surface area (Å²) < 4.78 is 28.6. The zero-order valence-electron chi connectivity index (χ0n) is 11.0. The van der Waals surface area contributed by atoms with Crippen molar-refractivity contribution in [1.29, 1.82) is 0 Å². The Hall–Kier alpha value is -1.40. The van der Waals surface area contributed by atoms with Crippen LogP contribution >= 0.6 is 12.4 Å². The van der Waals surface area contributed by atoms with Crippen molar-refractivity contribution in [2.75, 3.05) is 20.1 Å². The number of nitrogens with zero attached hydrogens (tertiary/aromatic N) is 1. The van der Waals surface area contributed by atoms with Crippen LogP contribution in [0.1, 0.15) is 16.8 Å². The lowest BCUT2D eigenvalue weighted by Gasteiger charge is -2.24. The van der Waals surface area contributed by atoms with E-state index in [9.17, 15) is 13.6 Å². The smallest absolute Gasteiger partial charge is 0.387 e. The zero-order valence-corrected chi connectivity index (χ0v) is 11.8. The Morgan fingerprint density at radius 3 is 2.85 bits per heavy atom. The van der Waals surface area contributed by atoms with E-state index < -0.39 is 6.61 Å². The van der Waals surface area contributed by atoms with Crippen LogP contribution in [-0.2, 0) is 0 Å². The number of hydrogen-bond donors (Lipinski definition) is 1. The number of likely N-dealkylation sites (N-methyl/N-ethyl adjacent to an activating group) is 1. The fourth-order valence-electron chi connectivity index (χ4n) is 2.14. The summed E-state index contributed by atoms with van der Waals surface area (Å²) in [4.78, 5) is 13.9. The van der Waals surface area contributed by atoms with Crippen LogP contribution in [0.15, 0.2) is 24.3 Å². The average molecular weight is 307 g/mol. The van der Waals surface area contributed by atoms with Gasteiger partial charge in [0.2, 0.25) is 0 Å². The number of rotatable bonds is 4. The van der Waals surface area contributed by atoms with E-state index in [0.717, 1.165) is 19.5 Å². The van der Waals surface area contributed by atoms with Gasteiger partial charge in [-0.1, -0.05) is 6.07 Å². The van der Waals surface area contributed by atoms with E-state index in [1.54, 1.807) is 18.0 Å². The molecule has 4 nitrogen and oxygen atoms in total. The van der Waals surface area contributed by atoms with Gasteiger partial charge in [-0.15, -0.1) is 12.4 Å². The van der Waals surface area contributed by atoms with Crippen LogP contribution < -0.4 is 10.1 Å². The van der Waals surface area contributed by atoms with Crippen molar-refractivity contribution < 1.29 is 18.3 Å². The van der Waals surface area contributed by atoms with Crippen LogP contribution in [0.3, 0.4) is 0 Å². The van der Waals surface area contributed by atoms with Crippen LogP contribution in [0.2, 0.25) is 0 Å². The highest BCUT2D eigenvalue weighted by molar-refractivity contribution is 5.94. The molecule has 1 aliphatic heterocycles. The van der Waals surface area contributed by atoms with Gasteiger partial charge in [0.15, 0.2) is 0 Å². The second-order valence-electron chi connectivity index (χ2n) is 4.47. The molecule has 0 aliphatic carbocycles. The maximum absolute atomic E-state index is 12.2. The lowest BCUT2D eigenvalue weighted by molar-refractivity contribution is -0.0499. The molecule has 0 aromatic heterocycles. The normalized spacial score (nSPS) is 17.7. The number of carbonyl (C=O) groups is 1. The predicted molar refractivity (Wildman–Crippen MR) is 73.7 cm³/mol. The molecular formula is C13H17ClF2N2O2. The Labute approximate surface area is 122 Å². The van der Waals surface area contributed by atoms with Crippen molar-refractivity contribution >= 4 is 18.3 Å². The molecule has 1 N–H and O–H groups in total. The molecule has 1 amide bonds. The number of ether oxygens (including phenoxy) is 1.